The number of aryl methyl sites for hydroxylation is 1. The van der Waals surface area contributed by atoms with Gasteiger partial charge < -0.3 is 5.32 Å². The van der Waals surface area contributed by atoms with Gasteiger partial charge in [-0.15, -0.1) is 11.3 Å². The van der Waals surface area contributed by atoms with Crippen LogP contribution in [0.1, 0.15) is 61.8 Å². The number of nitrogens with zero attached hydrogens (tertiary/aromatic N) is 1. The van der Waals surface area contributed by atoms with Gasteiger partial charge in [0.25, 0.3) is 0 Å². The number of hydrogen-bond donors (Lipinski definition) is 1. The molecule has 0 unspecified atom stereocenters. The van der Waals surface area contributed by atoms with Crippen LogP contribution < -0.4 is 5.32 Å². The number of rotatable bonds is 5. The van der Waals surface area contributed by atoms with E-state index in [0.717, 1.165) is 19.1 Å². The van der Waals surface area contributed by atoms with Crippen LogP contribution in [0, 0.1) is 6.92 Å². The number of thiophene rings is 1. The third kappa shape index (κ3) is 4.57. The quantitative estimate of drug-likeness (QED) is 0.870. The van der Waals surface area contributed by atoms with E-state index < -0.39 is 0 Å². The molecule has 1 aliphatic carbocycles. The fraction of sp³-hybridized carbons (Fsp3) is 0.765. The normalized spacial score (nSPS) is 17.3. The highest BCUT2D eigenvalue weighted by molar-refractivity contribution is 7.12. The Morgan fingerprint density at radius 2 is 1.95 bits per heavy atom. The minimum Gasteiger partial charge on any atom is -0.307 e. The van der Waals surface area contributed by atoms with Gasteiger partial charge in [0.15, 0.2) is 0 Å². The summed E-state index contributed by atoms with van der Waals surface area (Å²) in [5.41, 5.74) is 1.72. The van der Waals surface area contributed by atoms with E-state index in [9.17, 15) is 0 Å². The Kier molecular flexibility index (Phi) is 5.27. The van der Waals surface area contributed by atoms with Gasteiger partial charge in [-0.25, -0.2) is 0 Å². The van der Waals surface area contributed by atoms with Crippen LogP contribution in [0.25, 0.3) is 0 Å². The van der Waals surface area contributed by atoms with Gasteiger partial charge in [0.1, 0.15) is 0 Å². The zero-order chi connectivity index (χ0) is 14.8. The maximum Gasteiger partial charge on any atom is 0.0304 e. The van der Waals surface area contributed by atoms with Crippen LogP contribution in [0.2, 0.25) is 0 Å². The Labute approximate surface area is 128 Å². The van der Waals surface area contributed by atoms with Gasteiger partial charge in [0.05, 0.1) is 0 Å². The van der Waals surface area contributed by atoms with Crippen LogP contribution >= 0.6 is 11.3 Å². The van der Waals surface area contributed by atoms with Crippen molar-refractivity contribution in [3.63, 3.8) is 0 Å². The topological polar surface area (TPSA) is 15.3 Å². The highest BCUT2D eigenvalue weighted by atomic mass is 32.1. The molecule has 1 saturated carbocycles. The van der Waals surface area contributed by atoms with Crippen molar-refractivity contribution in [1.29, 1.82) is 0 Å². The second-order valence-electron chi connectivity index (χ2n) is 7.25. The average Bonchev–Trinajstić information content (AvgIpc) is 2.96. The summed E-state index contributed by atoms with van der Waals surface area (Å²) < 4.78 is 0. The van der Waals surface area contributed by atoms with E-state index in [1.807, 2.05) is 11.3 Å². The zero-order valence-corrected chi connectivity index (χ0v) is 14.6. The molecule has 20 heavy (non-hydrogen) atoms. The zero-order valence-electron chi connectivity index (χ0n) is 13.8. The lowest BCUT2D eigenvalue weighted by molar-refractivity contribution is 0.237. The van der Waals surface area contributed by atoms with Gasteiger partial charge in [-0.1, -0.05) is 12.8 Å². The van der Waals surface area contributed by atoms with Crippen molar-refractivity contribution < 1.29 is 0 Å². The Morgan fingerprint density at radius 3 is 2.55 bits per heavy atom. The maximum absolute atomic E-state index is 3.58. The highest BCUT2D eigenvalue weighted by Crippen LogP contribution is 2.27. The van der Waals surface area contributed by atoms with Crippen molar-refractivity contribution in [2.24, 2.45) is 0 Å². The molecule has 0 aliphatic heterocycles. The summed E-state index contributed by atoms with van der Waals surface area (Å²) in [6, 6.07) is 3.22. The molecule has 0 amide bonds. The van der Waals surface area contributed by atoms with E-state index in [1.54, 1.807) is 0 Å². The van der Waals surface area contributed by atoms with Gasteiger partial charge in [-0.2, -0.15) is 0 Å². The Morgan fingerprint density at radius 1 is 1.30 bits per heavy atom. The van der Waals surface area contributed by atoms with Gasteiger partial charge in [-0.05, 0) is 59.2 Å². The van der Waals surface area contributed by atoms with Crippen LogP contribution in [0.4, 0.5) is 0 Å². The van der Waals surface area contributed by atoms with E-state index in [-0.39, 0.29) is 5.54 Å². The van der Waals surface area contributed by atoms with Gasteiger partial charge in [-0.3, -0.25) is 4.90 Å². The summed E-state index contributed by atoms with van der Waals surface area (Å²) in [4.78, 5) is 5.51. The molecule has 2 nitrogen and oxygen atoms in total. The Hall–Kier alpha value is -0.380. The molecule has 2 rings (SSSR count). The molecule has 0 atom stereocenters. The summed E-state index contributed by atoms with van der Waals surface area (Å²) in [6.45, 7) is 11.0. The SMILES string of the molecule is Cc1sc(CNC(C)(C)C)cc1CN(C)C1CCCC1. The van der Waals surface area contributed by atoms with Crippen LogP contribution in [0.15, 0.2) is 6.07 Å². The molecule has 0 radical (unpaired) electrons. The van der Waals surface area contributed by atoms with Crippen LogP contribution in [0.3, 0.4) is 0 Å². The largest absolute Gasteiger partial charge is 0.307 e. The third-order valence-electron chi connectivity index (χ3n) is 4.23. The van der Waals surface area contributed by atoms with Crippen LogP contribution in [-0.4, -0.2) is 23.5 Å². The summed E-state index contributed by atoms with van der Waals surface area (Å²) in [5, 5.41) is 3.58. The summed E-state index contributed by atoms with van der Waals surface area (Å²) >= 11 is 1.95. The predicted molar refractivity (Wildman–Crippen MR) is 89.4 cm³/mol. The molecule has 1 N–H and O–H groups in total. The van der Waals surface area contributed by atoms with Gasteiger partial charge in [0.2, 0.25) is 0 Å². The first-order valence-electron chi connectivity index (χ1n) is 7.88. The van der Waals surface area contributed by atoms with Crippen molar-refractivity contribution in [3.05, 3.63) is 21.4 Å². The smallest absolute Gasteiger partial charge is 0.0304 e. The standard InChI is InChI=1S/C17H30N2S/c1-13-14(12-19(5)15-8-6-7-9-15)10-16(20-13)11-18-17(2,3)4/h10,15,18H,6-9,11-12H2,1-5H3. The van der Waals surface area contributed by atoms with E-state index in [4.69, 9.17) is 0 Å². The van der Waals surface area contributed by atoms with Crippen molar-refractivity contribution in [3.8, 4) is 0 Å². The first-order chi connectivity index (χ1) is 9.35. The first kappa shape index (κ1) is 16.0. The summed E-state index contributed by atoms with van der Waals surface area (Å²) in [5.74, 6) is 0. The second kappa shape index (κ2) is 6.59. The van der Waals surface area contributed by atoms with Crippen molar-refractivity contribution in [1.82, 2.24) is 10.2 Å². The summed E-state index contributed by atoms with van der Waals surface area (Å²) in [6.07, 6.45) is 5.60. The molecule has 1 aliphatic rings. The van der Waals surface area contributed by atoms with Crippen LogP contribution in [-0.2, 0) is 13.1 Å². The van der Waals surface area contributed by atoms with E-state index >= 15 is 0 Å². The lowest BCUT2D eigenvalue weighted by atomic mass is 10.1. The molecule has 1 aromatic heterocycles. The molecule has 0 saturated heterocycles. The van der Waals surface area contributed by atoms with Crippen molar-refractivity contribution in [2.75, 3.05) is 7.05 Å². The van der Waals surface area contributed by atoms with Crippen molar-refractivity contribution >= 4 is 11.3 Å². The van der Waals surface area contributed by atoms with E-state index in [1.165, 1.54) is 41.0 Å². The molecule has 0 aromatic carbocycles. The Bertz CT molecular complexity index is 425. The Balaban J connectivity index is 1.93. The molecular weight excluding hydrogens is 264 g/mol. The molecule has 3 heteroatoms. The fourth-order valence-electron chi connectivity index (χ4n) is 2.93. The van der Waals surface area contributed by atoms with Gasteiger partial charge in [0, 0.05) is 34.4 Å². The minimum atomic E-state index is 0.193. The minimum absolute atomic E-state index is 0.193. The van der Waals surface area contributed by atoms with Crippen LogP contribution in [0.5, 0.6) is 0 Å². The highest BCUT2D eigenvalue weighted by Gasteiger charge is 2.20. The number of hydrogen-bond acceptors (Lipinski definition) is 3. The maximum atomic E-state index is 3.58. The van der Waals surface area contributed by atoms with E-state index in [2.05, 4.69) is 51.0 Å². The molecule has 0 bridgehead atoms. The second-order valence-corrected chi connectivity index (χ2v) is 8.59. The van der Waals surface area contributed by atoms with Crippen molar-refractivity contribution in [2.45, 2.75) is 78.0 Å². The first-order valence-corrected chi connectivity index (χ1v) is 8.70. The lowest BCUT2D eigenvalue weighted by Gasteiger charge is -2.23. The number of nitrogens with one attached hydrogen (secondary N) is 1. The molecule has 0 spiro atoms. The molecule has 114 valence electrons. The predicted octanol–water partition coefficient (Wildman–Crippen LogP) is 4.32. The van der Waals surface area contributed by atoms with E-state index in [0.29, 0.717) is 0 Å². The third-order valence-corrected chi connectivity index (χ3v) is 5.33. The molecule has 1 fully saturated rings. The average molecular weight is 295 g/mol. The molecule has 1 aromatic rings. The molecular formula is C17H30N2S. The van der Waals surface area contributed by atoms with Gasteiger partial charge >= 0.3 is 0 Å². The monoisotopic (exact) mass is 294 g/mol. The summed E-state index contributed by atoms with van der Waals surface area (Å²) in [7, 11) is 2.29. The fourth-order valence-corrected chi connectivity index (χ4v) is 3.92. The molecule has 1 heterocycles. The lowest BCUT2D eigenvalue weighted by Crippen LogP contribution is -2.34.